The predicted molar refractivity (Wildman–Crippen MR) is 77.1 cm³/mol. The monoisotopic (exact) mass is 253 g/mol. The van der Waals surface area contributed by atoms with Gasteiger partial charge in [0.25, 0.3) is 0 Å². The first-order valence-electron chi connectivity index (χ1n) is 5.96. The van der Waals surface area contributed by atoms with Gasteiger partial charge in [-0.15, -0.1) is 0 Å². The Morgan fingerprint density at radius 2 is 1.89 bits per heavy atom. The summed E-state index contributed by atoms with van der Waals surface area (Å²) < 4.78 is 5.12. The Morgan fingerprint density at radius 1 is 1.11 bits per heavy atom. The van der Waals surface area contributed by atoms with Crippen LogP contribution < -0.4 is 10.1 Å². The molecule has 0 atom stereocenters. The molecule has 19 heavy (non-hydrogen) atoms. The number of carbonyl (C=O) groups is 1. The number of benzene rings is 2. The first-order valence-corrected chi connectivity index (χ1v) is 5.96. The second kappa shape index (κ2) is 6.40. The lowest BCUT2D eigenvalue weighted by Crippen LogP contribution is -2.07. The number of para-hydroxylation sites is 1. The summed E-state index contributed by atoms with van der Waals surface area (Å²) in [6.07, 6.45) is 3.25. The quantitative estimate of drug-likeness (QED) is 0.849. The van der Waals surface area contributed by atoms with E-state index in [1.54, 1.807) is 13.2 Å². The van der Waals surface area contributed by atoms with Crippen molar-refractivity contribution in [3.63, 3.8) is 0 Å². The fraction of sp³-hybridized carbons (Fsp3) is 0.0625. The molecule has 2 aromatic rings. The van der Waals surface area contributed by atoms with E-state index in [9.17, 15) is 4.79 Å². The third-order valence-corrected chi connectivity index (χ3v) is 2.56. The van der Waals surface area contributed by atoms with Gasteiger partial charge in [-0.2, -0.15) is 0 Å². The van der Waals surface area contributed by atoms with Crippen LogP contribution in [0.2, 0.25) is 0 Å². The van der Waals surface area contributed by atoms with Crippen LogP contribution in [0.4, 0.5) is 5.69 Å². The lowest BCUT2D eigenvalue weighted by molar-refractivity contribution is -0.111. The molecule has 1 N–H and O–H groups in total. The Morgan fingerprint density at radius 3 is 2.63 bits per heavy atom. The first kappa shape index (κ1) is 12.9. The van der Waals surface area contributed by atoms with Gasteiger partial charge in [0, 0.05) is 11.8 Å². The van der Waals surface area contributed by atoms with E-state index in [0.717, 1.165) is 17.0 Å². The smallest absolute Gasteiger partial charge is 0.248 e. The summed E-state index contributed by atoms with van der Waals surface area (Å²) in [5, 5.41) is 2.78. The van der Waals surface area contributed by atoms with Crippen molar-refractivity contribution >= 4 is 17.7 Å². The Bertz CT molecular complexity index is 576. The van der Waals surface area contributed by atoms with E-state index >= 15 is 0 Å². The highest BCUT2D eigenvalue weighted by molar-refractivity contribution is 6.01. The van der Waals surface area contributed by atoms with Gasteiger partial charge in [-0.05, 0) is 35.9 Å². The third-order valence-electron chi connectivity index (χ3n) is 2.56. The van der Waals surface area contributed by atoms with Gasteiger partial charge in [0.1, 0.15) is 5.75 Å². The number of ether oxygens (including phenoxy) is 1. The maximum Gasteiger partial charge on any atom is 0.248 e. The number of nitrogens with one attached hydrogen (secondary N) is 1. The molecule has 3 nitrogen and oxygen atoms in total. The number of anilines is 1. The van der Waals surface area contributed by atoms with Crippen molar-refractivity contribution in [2.24, 2.45) is 0 Å². The van der Waals surface area contributed by atoms with E-state index in [1.165, 1.54) is 6.08 Å². The molecule has 0 heterocycles. The molecule has 0 unspecified atom stereocenters. The van der Waals surface area contributed by atoms with E-state index in [4.69, 9.17) is 4.74 Å². The maximum absolute atomic E-state index is 11.7. The van der Waals surface area contributed by atoms with Crippen LogP contribution in [0.25, 0.3) is 6.08 Å². The molecule has 2 rings (SSSR count). The standard InChI is InChI=1S/C16H15NO2/c1-19-15-9-5-6-13(12-15)10-11-16(18)17-14-7-3-2-4-8-14/h2-12H,1H3,(H,17,18)/b11-10+. The summed E-state index contributed by atoms with van der Waals surface area (Å²) in [6, 6.07) is 16.9. The molecule has 3 heteroatoms. The highest BCUT2D eigenvalue weighted by Gasteiger charge is 1.97. The van der Waals surface area contributed by atoms with Gasteiger partial charge in [-0.3, -0.25) is 4.79 Å². The second-order valence-electron chi connectivity index (χ2n) is 3.97. The molecule has 0 aliphatic heterocycles. The molecule has 0 aliphatic rings. The molecule has 0 aromatic heterocycles. The molecule has 0 saturated heterocycles. The van der Waals surface area contributed by atoms with E-state index in [0.29, 0.717) is 0 Å². The average molecular weight is 253 g/mol. The Hall–Kier alpha value is -2.55. The van der Waals surface area contributed by atoms with Crippen molar-refractivity contribution in [1.29, 1.82) is 0 Å². The highest BCUT2D eigenvalue weighted by atomic mass is 16.5. The summed E-state index contributed by atoms with van der Waals surface area (Å²) in [4.78, 5) is 11.7. The lowest BCUT2D eigenvalue weighted by Gasteiger charge is -2.01. The number of amides is 1. The number of rotatable bonds is 4. The molecule has 0 saturated carbocycles. The van der Waals surface area contributed by atoms with Crippen LogP contribution in [0.3, 0.4) is 0 Å². The number of methoxy groups -OCH3 is 1. The van der Waals surface area contributed by atoms with Crippen LogP contribution in [0.1, 0.15) is 5.56 Å². The summed E-state index contributed by atoms with van der Waals surface area (Å²) in [6.45, 7) is 0. The molecular weight excluding hydrogens is 238 g/mol. The third kappa shape index (κ3) is 4.00. The van der Waals surface area contributed by atoms with E-state index < -0.39 is 0 Å². The number of hydrogen-bond acceptors (Lipinski definition) is 2. The average Bonchev–Trinajstić information content (AvgIpc) is 2.46. The topological polar surface area (TPSA) is 38.3 Å². The van der Waals surface area contributed by atoms with Crippen LogP contribution in [0, 0.1) is 0 Å². The fourth-order valence-corrected chi connectivity index (χ4v) is 1.62. The summed E-state index contributed by atoms with van der Waals surface area (Å²) >= 11 is 0. The van der Waals surface area contributed by atoms with E-state index in [2.05, 4.69) is 5.32 Å². The SMILES string of the molecule is COc1cccc(/C=C/C(=O)Nc2ccccc2)c1. The summed E-state index contributed by atoms with van der Waals surface area (Å²) in [5.74, 6) is 0.611. The highest BCUT2D eigenvalue weighted by Crippen LogP contribution is 2.13. The summed E-state index contributed by atoms with van der Waals surface area (Å²) in [5.41, 5.74) is 1.70. The summed E-state index contributed by atoms with van der Waals surface area (Å²) in [7, 11) is 1.62. The van der Waals surface area contributed by atoms with Crippen molar-refractivity contribution in [2.45, 2.75) is 0 Å². The van der Waals surface area contributed by atoms with Gasteiger partial charge in [0.2, 0.25) is 5.91 Å². The molecule has 0 aliphatic carbocycles. The first-order chi connectivity index (χ1) is 9.28. The van der Waals surface area contributed by atoms with Crippen LogP contribution >= 0.6 is 0 Å². The van der Waals surface area contributed by atoms with Crippen molar-refractivity contribution in [1.82, 2.24) is 0 Å². The van der Waals surface area contributed by atoms with Gasteiger partial charge in [-0.1, -0.05) is 30.3 Å². The number of carbonyl (C=O) groups excluding carboxylic acids is 1. The van der Waals surface area contributed by atoms with Gasteiger partial charge in [0.15, 0.2) is 0 Å². The zero-order valence-corrected chi connectivity index (χ0v) is 10.7. The molecular formula is C16H15NO2. The molecule has 1 amide bonds. The zero-order chi connectivity index (χ0) is 13.5. The fourth-order valence-electron chi connectivity index (χ4n) is 1.62. The minimum Gasteiger partial charge on any atom is -0.497 e. The van der Waals surface area contributed by atoms with Crippen LogP contribution in [-0.4, -0.2) is 13.0 Å². The van der Waals surface area contributed by atoms with Crippen molar-refractivity contribution < 1.29 is 9.53 Å². The minimum atomic E-state index is -0.158. The molecule has 0 radical (unpaired) electrons. The molecule has 96 valence electrons. The molecule has 0 bridgehead atoms. The number of hydrogen-bond donors (Lipinski definition) is 1. The molecule has 0 fully saturated rings. The Kier molecular flexibility index (Phi) is 4.34. The van der Waals surface area contributed by atoms with Crippen molar-refractivity contribution in [3.8, 4) is 5.75 Å². The minimum absolute atomic E-state index is 0.158. The normalized spacial score (nSPS) is 10.4. The van der Waals surface area contributed by atoms with Gasteiger partial charge in [0.05, 0.1) is 7.11 Å². The van der Waals surface area contributed by atoms with E-state index in [1.807, 2.05) is 54.6 Å². The van der Waals surface area contributed by atoms with Crippen LogP contribution in [0.5, 0.6) is 5.75 Å². The van der Waals surface area contributed by atoms with Crippen LogP contribution in [-0.2, 0) is 4.79 Å². The van der Waals surface area contributed by atoms with Crippen molar-refractivity contribution in [2.75, 3.05) is 12.4 Å². The van der Waals surface area contributed by atoms with Gasteiger partial charge >= 0.3 is 0 Å². The van der Waals surface area contributed by atoms with Gasteiger partial charge in [-0.25, -0.2) is 0 Å². The van der Waals surface area contributed by atoms with Crippen LogP contribution in [0.15, 0.2) is 60.7 Å². The van der Waals surface area contributed by atoms with Gasteiger partial charge < -0.3 is 10.1 Å². The molecule has 0 spiro atoms. The van der Waals surface area contributed by atoms with Crippen molar-refractivity contribution in [3.05, 3.63) is 66.2 Å². The zero-order valence-electron chi connectivity index (χ0n) is 10.7. The molecule has 2 aromatic carbocycles. The lowest BCUT2D eigenvalue weighted by atomic mass is 10.2. The predicted octanol–water partition coefficient (Wildman–Crippen LogP) is 3.35. The Balaban J connectivity index is 2.00. The Labute approximate surface area is 112 Å². The maximum atomic E-state index is 11.7. The second-order valence-corrected chi connectivity index (χ2v) is 3.97. The largest absolute Gasteiger partial charge is 0.497 e. The van der Waals surface area contributed by atoms with E-state index in [-0.39, 0.29) is 5.91 Å².